The molecule has 0 unspecified atom stereocenters. The third-order valence-electron chi connectivity index (χ3n) is 4.28. The number of benzene rings is 2. The van der Waals surface area contributed by atoms with Gasteiger partial charge in [-0.15, -0.1) is 28.3 Å². The first-order valence-electron chi connectivity index (χ1n) is 8.29. The van der Waals surface area contributed by atoms with Gasteiger partial charge in [0, 0.05) is 37.1 Å². The summed E-state index contributed by atoms with van der Waals surface area (Å²) in [6.45, 7) is 1.96. The van der Waals surface area contributed by atoms with Crippen molar-refractivity contribution in [2.75, 3.05) is 14.1 Å². The van der Waals surface area contributed by atoms with Gasteiger partial charge in [-0.3, -0.25) is 0 Å². The van der Waals surface area contributed by atoms with Gasteiger partial charge in [0.25, 0.3) is 0 Å². The van der Waals surface area contributed by atoms with Gasteiger partial charge in [0.1, 0.15) is 4.90 Å². The van der Waals surface area contributed by atoms with Crippen LogP contribution in [0.25, 0.3) is 11.3 Å². The first-order valence-corrected chi connectivity index (χ1v) is 11.4. The minimum atomic E-state index is -3.64. The van der Waals surface area contributed by atoms with Gasteiger partial charge in [-0.25, -0.2) is 17.7 Å². The van der Waals surface area contributed by atoms with Gasteiger partial charge in [-0.1, -0.05) is 29.3 Å². The molecule has 3 aromatic rings. The van der Waals surface area contributed by atoms with Crippen molar-refractivity contribution in [3.63, 3.8) is 0 Å². The minimum Gasteiger partial charge on any atom is -0.320 e. The zero-order chi connectivity index (χ0) is 20.6. The van der Waals surface area contributed by atoms with E-state index in [1.807, 2.05) is 36.1 Å². The molecular weight excluding hydrogens is 517 g/mol. The van der Waals surface area contributed by atoms with Crippen molar-refractivity contribution in [1.29, 1.82) is 0 Å². The second-order valence-electron chi connectivity index (χ2n) is 6.44. The van der Waals surface area contributed by atoms with Crippen LogP contribution >= 0.6 is 51.5 Å². The summed E-state index contributed by atoms with van der Waals surface area (Å²) in [5.41, 5.74) is 3.41. The molecule has 5 nitrogen and oxygen atoms in total. The molecule has 0 spiro atoms. The van der Waals surface area contributed by atoms with E-state index in [1.54, 1.807) is 24.3 Å². The molecule has 0 N–H and O–H groups in total. The van der Waals surface area contributed by atoms with Gasteiger partial charge >= 0.3 is 0 Å². The van der Waals surface area contributed by atoms with E-state index in [9.17, 15) is 8.42 Å². The Morgan fingerprint density at radius 3 is 2.41 bits per heavy atom. The van der Waals surface area contributed by atoms with Crippen LogP contribution in [0.3, 0.4) is 0 Å². The van der Waals surface area contributed by atoms with Crippen molar-refractivity contribution in [3.05, 3.63) is 62.2 Å². The number of hydrogen-bond donors (Lipinski definition) is 0. The van der Waals surface area contributed by atoms with Gasteiger partial charge < -0.3 is 4.57 Å². The lowest BCUT2D eigenvalue weighted by Gasteiger charge is -2.14. The molecular formula is C19H20BrCl2N3O2S2. The molecule has 0 saturated heterocycles. The second kappa shape index (κ2) is 9.32. The molecule has 0 bridgehead atoms. The number of halogens is 3. The first-order chi connectivity index (χ1) is 13.1. The normalized spacial score (nSPS) is 12.3. The maximum absolute atomic E-state index is 12.5. The third kappa shape index (κ3) is 4.95. The first kappa shape index (κ1) is 24.1. The Labute approximate surface area is 195 Å². The van der Waals surface area contributed by atoms with Crippen LogP contribution in [0.5, 0.6) is 0 Å². The van der Waals surface area contributed by atoms with Crippen molar-refractivity contribution in [1.82, 2.24) is 8.87 Å². The molecule has 3 rings (SSSR count). The number of nitrogens with zero attached hydrogens (tertiary/aromatic N) is 3. The highest BCUT2D eigenvalue weighted by atomic mass is 79.9. The van der Waals surface area contributed by atoms with E-state index >= 15 is 0 Å². The summed E-state index contributed by atoms with van der Waals surface area (Å²) < 4.78 is 28.2. The molecule has 1 heterocycles. The predicted octanol–water partition coefficient (Wildman–Crippen LogP) is 5.43. The monoisotopic (exact) mass is 535 g/mol. The summed E-state index contributed by atoms with van der Waals surface area (Å²) in [7, 11) is 1.21. The van der Waals surface area contributed by atoms with E-state index < -0.39 is 10.0 Å². The fraction of sp³-hybridized carbons (Fsp3) is 0.211. The van der Waals surface area contributed by atoms with Crippen LogP contribution in [0.1, 0.15) is 5.56 Å². The quantitative estimate of drug-likeness (QED) is 0.446. The van der Waals surface area contributed by atoms with Gasteiger partial charge in [-0.2, -0.15) is 0 Å². The zero-order valence-corrected chi connectivity index (χ0v) is 21.0. The number of aromatic nitrogens is 1. The molecule has 0 aliphatic heterocycles. The van der Waals surface area contributed by atoms with E-state index in [-0.39, 0.29) is 26.9 Å². The van der Waals surface area contributed by atoms with Crippen molar-refractivity contribution >= 4 is 67.2 Å². The molecule has 29 heavy (non-hydrogen) atoms. The SMILES string of the molecule is Br.Cc1cc(Cl)ccc1/N=c1/scc(-c2ccc(Cl)c(S(=O)(=O)N(C)C)c2)n1C. The Bertz CT molecular complexity index is 1220. The average molecular weight is 537 g/mol. The second-order valence-corrected chi connectivity index (χ2v) is 10.2. The summed E-state index contributed by atoms with van der Waals surface area (Å²) in [4.78, 5) is 5.58. The molecule has 0 saturated carbocycles. The van der Waals surface area contributed by atoms with Gasteiger partial charge in [0.05, 0.1) is 16.4 Å². The van der Waals surface area contributed by atoms with E-state index in [4.69, 9.17) is 28.2 Å². The van der Waals surface area contributed by atoms with E-state index in [0.717, 1.165) is 31.6 Å². The fourth-order valence-corrected chi connectivity index (χ4v) is 5.18. The maximum atomic E-state index is 12.5. The molecule has 2 aromatic carbocycles. The predicted molar refractivity (Wildman–Crippen MR) is 126 cm³/mol. The fourth-order valence-electron chi connectivity index (χ4n) is 2.64. The number of sulfonamides is 1. The lowest BCUT2D eigenvalue weighted by atomic mass is 10.2. The number of thiazole rings is 1. The van der Waals surface area contributed by atoms with Crippen LogP contribution in [0.15, 0.2) is 51.7 Å². The van der Waals surface area contributed by atoms with Crippen molar-refractivity contribution in [3.8, 4) is 11.3 Å². The van der Waals surface area contributed by atoms with Crippen LogP contribution in [-0.2, 0) is 17.1 Å². The van der Waals surface area contributed by atoms with Crippen LogP contribution in [0.4, 0.5) is 5.69 Å². The smallest absolute Gasteiger partial charge is 0.244 e. The highest BCUT2D eigenvalue weighted by Gasteiger charge is 2.22. The molecule has 156 valence electrons. The third-order valence-corrected chi connectivity index (χ3v) is 7.73. The molecule has 0 atom stereocenters. The van der Waals surface area contributed by atoms with Gasteiger partial charge in [0.2, 0.25) is 10.0 Å². The molecule has 10 heteroatoms. The molecule has 0 amide bonds. The van der Waals surface area contributed by atoms with Crippen molar-refractivity contribution in [2.24, 2.45) is 12.0 Å². The lowest BCUT2D eigenvalue weighted by Crippen LogP contribution is -2.22. The summed E-state index contributed by atoms with van der Waals surface area (Å²) in [6, 6.07) is 10.5. The Kier molecular flexibility index (Phi) is 7.75. The molecule has 1 aromatic heterocycles. The maximum Gasteiger partial charge on any atom is 0.244 e. The van der Waals surface area contributed by atoms with Gasteiger partial charge in [0.15, 0.2) is 4.80 Å². The summed E-state index contributed by atoms with van der Waals surface area (Å²) >= 11 is 13.6. The van der Waals surface area contributed by atoms with E-state index in [1.165, 1.54) is 25.4 Å². The number of hydrogen-bond acceptors (Lipinski definition) is 4. The molecule has 0 aliphatic carbocycles. The van der Waals surface area contributed by atoms with Crippen molar-refractivity contribution in [2.45, 2.75) is 11.8 Å². The zero-order valence-electron chi connectivity index (χ0n) is 16.2. The summed E-state index contributed by atoms with van der Waals surface area (Å²) in [5, 5.41) is 2.81. The number of rotatable bonds is 4. The summed E-state index contributed by atoms with van der Waals surface area (Å²) in [5.74, 6) is 0. The Balaban J connectivity index is 0.00000300. The topological polar surface area (TPSA) is 54.7 Å². The van der Waals surface area contributed by atoms with E-state index in [0.29, 0.717) is 5.02 Å². The Morgan fingerprint density at radius 1 is 1.10 bits per heavy atom. The number of aryl methyl sites for hydroxylation is 1. The average Bonchev–Trinajstić information content (AvgIpc) is 2.98. The lowest BCUT2D eigenvalue weighted by molar-refractivity contribution is 0.521. The van der Waals surface area contributed by atoms with Crippen LogP contribution in [-0.4, -0.2) is 31.4 Å². The van der Waals surface area contributed by atoms with Crippen molar-refractivity contribution < 1.29 is 8.42 Å². The highest BCUT2D eigenvalue weighted by Crippen LogP contribution is 2.30. The molecule has 0 fully saturated rings. The van der Waals surface area contributed by atoms with Gasteiger partial charge in [-0.05, 0) is 42.8 Å². The molecule has 0 radical (unpaired) electrons. The minimum absolute atomic E-state index is 0. The molecule has 0 aliphatic rings. The van der Waals surface area contributed by atoms with Crippen LogP contribution in [0, 0.1) is 6.92 Å². The highest BCUT2D eigenvalue weighted by molar-refractivity contribution is 8.93. The Morgan fingerprint density at radius 2 is 1.79 bits per heavy atom. The van der Waals surface area contributed by atoms with E-state index in [2.05, 4.69) is 0 Å². The van der Waals surface area contributed by atoms with Crippen LogP contribution < -0.4 is 4.80 Å². The van der Waals surface area contributed by atoms with Crippen LogP contribution in [0.2, 0.25) is 10.0 Å². The standard InChI is InChI=1S/C19H19Cl2N3O2S2.BrH/c1-12-9-14(20)6-8-16(12)22-19-24(4)17(11-27-19)13-5-7-15(21)18(10-13)28(25,26)23(2)3;/h5-11H,1-4H3;1H/b22-19+;. The Hall–Kier alpha value is -1.16. The largest absolute Gasteiger partial charge is 0.320 e. The summed E-state index contributed by atoms with van der Waals surface area (Å²) in [6.07, 6.45) is 0.